The SMILES string of the molecule is C#CCC(NC(=O)NC(C)C=C)C(=O)O. The van der Waals surface area contributed by atoms with Gasteiger partial charge in [0.05, 0.1) is 0 Å². The maximum absolute atomic E-state index is 11.2. The van der Waals surface area contributed by atoms with E-state index in [0.29, 0.717) is 0 Å². The van der Waals surface area contributed by atoms with Crippen molar-refractivity contribution in [1.82, 2.24) is 10.6 Å². The molecule has 0 aliphatic rings. The van der Waals surface area contributed by atoms with E-state index in [1.807, 2.05) is 0 Å². The molecular weight excluding hydrogens is 196 g/mol. The van der Waals surface area contributed by atoms with E-state index in [-0.39, 0.29) is 12.5 Å². The Morgan fingerprint density at radius 3 is 2.60 bits per heavy atom. The molecule has 5 heteroatoms. The summed E-state index contributed by atoms with van der Waals surface area (Å²) in [7, 11) is 0. The predicted octanol–water partition coefficient (Wildman–Crippen LogP) is 0.337. The number of amides is 2. The molecule has 5 nitrogen and oxygen atoms in total. The standard InChI is InChI=1S/C10H14N2O3/c1-4-6-8(9(13)14)12-10(15)11-7(3)5-2/h1,5,7-8H,2,6H2,3H3,(H,13,14)(H2,11,12,15). The molecule has 15 heavy (non-hydrogen) atoms. The van der Waals surface area contributed by atoms with E-state index in [2.05, 4.69) is 23.1 Å². The van der Waals surface area contributed by atoms with Gasteiger partial charge in [0.1, 0.15) is 6.04 Å². The summed E-state index contributed by atoms with van der Waals surface area (Å²) in [6, 6.07) is -1.87. The average molecular weight is 210 g/mol. The number of rotatable bonds is 5. The van der Waals surface area contributed by atoms with E-state index < -0.39 is 18.0 Å². The van der Waals surface area contributed by atoms with E-state index in [4.69, 9.17) is 11.5 Å². The van der Waals surface area contributed by atoms with Crippen molar-refractivity contribution in [2.24, 2.45) is 0 Å². The molecule has 3 N–H and O–H groups in total. The minimum absolute atomic E-state index is 0.0504. The van der Waals surface area contributed by atoms with Gasteiger partial charge in [0, 0.05) is 12.5 Å². The molecule has 0 bridgehead atoms. The van der Waals surface area contributed by atoms with Crippen molar-refractivity contribution in [2.45, 2.75) is 25.4 Å². The Labute approximate surface area is 88.6 Å². The Balaban J connectivity index is 4.18. The lowest BCUT2D eigenvalue weighted by Crippen LogP contribution is -2.47. The van der Waals surface area contributed by atoms with Gasteiger partial charge in [-0.15, -0.1) is 18.9 Å². The van der Waals surface area contributed by atoms with Gasteiger partial charge in [-0.05, 0) is 6.92 Å². The summed E-state index contributed by atoms with van der Waals surface area (Å²) in [5, 5.41) is 13.4. The largest absolute Gasteiger partial charge is 0.480 e. The van der Waals surface area contributed by atoms with Gasteiger partial charge in [-0.25, -0.2) is 9.59 Å². The van der Waals surface area contributed by atoms with Crippen LogP contribution in [0.5, 0.6) is 0 Å². The number of hydrogen-bond donors (Lipinski definition) is 3. The highest BCUT2D eigenvalue weighted by Crippen LogP contribution is 1.91. The van der Waals surface area contributed by atoms with Crippen molar-refractivity contribution in [3.63, 3.8) is 0 Å². The molecule has 82 valence electrons. The zero-order chi connectivity index (χ0) is 11.8. The first kappa shape index (κ1) is 13.0. The number of terminal acetylenes is 1. The molecule has 2 atom stereocenters. The smallest absolute Gasteiger partial charge is 0.327 e. The quantitative estimate of drug-likeness (QED) is 0.452. The van der Waals surface area contributed by atoms with Crippen molar-refractivity contribution in [3.05, 3.63) is 12.7 Å². The first-order valence-electron chi connectivity index (χ1n) is 4.37. The van der Waals surface area contributed by atoms with Crippen LogP contribution in [0.4, 0.5) is 4.79 Å². The van der Waals surface area contributed by atoms with E-state index in [1.54, 1.807) is 6.92 Å². The Kier molecular flexibility index (Phi) is 5.64. The molecule has 0 aromatic heterocycles. The Bertz CT molecular complexity index is 294. The molecule has 0 fully saturated rings. The number of nitrogens with one attached hydrogen (secondary N) is 2. The fourth-order valence-electron chi connectivity index (χ4n) is 0.784. The molecule has 0 aromatic rings. The summed E-state index contributed by atoms with van der Waals surface area (Å²) in [5.74, 6) is 1.02. The van der Waals surface area contributed by atoms with Crippen LogP contribution in [0.25, 0.3) is 0 Å². The normalized spacial score (nSPS) is 13.1. The number of carboxylic acid groups (broad SMARTS) is 1. The Hall–Kier alpha value is -1.96. The summed E-state index contributed by atoms with van der Waals surface area (Å²) in [4.78, 5) is 21.8. The van der Waals surface area contributed by atoms with Crippen molar-refractivity contribution < 1.29 is 14.7 Å². The van der Waals surface area contributed by atoms with Gasteiger partial charge in [0.15, 0.2) is 0 Å². The highest BCUT2D eigenvalue weighted by Gasteiger charge is 2.18. The molecule has 2 unspecified atom stereocenters. The van der Waals surface area contributed by atoms with Crippen LogP contribution in [-0.4, -0.2) is 29.2 Å². The van der Waals surface area contributed by atoms with Crippen LogP contribution in [0.1, 0.15) is 13.3 Å². The van der Waals surface area contributed by atoms with Gasteiger partial charge >= 0.3 is 12.0 Å². The molecule has 0 heterocycles. The summed E-state index contributed by atoms with van der Waals surface area (Å²) < 4.78 is 0. The molecular formula is C10H14N2O3. The fraction of sp³-hybridized carbons (Fsp3) is 0.400. The molecule has 0 saturated heterocycles. The van der Waals surface area contributed by atoms with Crippen molar-refractivity contribution >= 4 is 12.0 Å². The second kappa shape index (κ2) is 6.49. The summed E-state index contributed by atoms with van der Waals surface area (Å²) in [5.41, 5.74) is 0. The molecule has 0 aromatic carbocycles. The number of carbonyl (C=O) groups is 2. The van der Waals surface area contributed by atoms with E-state index in [0.717, 1.165) is 0 Å². The molecule has 0 saturated carbocycles. The van der Waals surface area contributed by atoms with Crippen LogP contribution in [0.15, 0.2) is 12.7 Å². The summed E-state index contributed by atoms with van der Waals surface area (Å²) >= 11 is 0. The number of hydrogen-bond acceptors (Lipinski definition) is 2. The monoisotopic (exact) mass is 210 g/mol. The second-order valence-corrected chi connectivity index (χ2v) is 2.94. The van der Waals surface area contributed by atoms with Gasteiger partial charge in [0.25, 0.3) is 0 Å². The first-order valence-corrected chi connectivity index (χ1v) is 4.37. The van der Waals surface area contributed by atoms with Crippen LogP contribution in [-0.2, 0) is 4.79 Å². The zero-order valence-electron chi connectivity index (χ0n) is 8.49. The van der Waals surface area contributed by atoms with Crippen LogP contribution < -0.4 is 10.6 Å². The van der Waals surface area contributed by atoms with Gasteiger partial charge in [-0.3, -0.25) is 0 Å². The van der Waals surface area contributed by atoms with E-state index in [9.17, 15) is 9.59 Å². The van der Waals surface area contributed by atoms with Crippen LogP contribution in [0.3, 0.4) is 0 Å². The first-order chi connectivity index (χ1) is 7.01. The lowest BCUT2D eigenvalue weighted by Gasteiger charge is -2.14. The summed E-state index contributed by atoms with van der Waals surface area (Å²) in [6.07, 6.45) is 6.44. The second-order valence-electron chi connectivity index (χ2n) is 2.94. The van der Waals surface area contributed by atoms with Crippen LogP contribution in [0.2, 0.25) is 0 Å². The number of aliphatic carboxylic acids is 1. The maximum atomic E-state index is 11.2. The third kappa shape index (κ3) is 5.37. The molecule has 0 aliphatic carbocycles. The highest BCUT2D eigenvalue weighted by atomic mass is 16.4. The van der Waals surface area contributed by atoms with Gasteiger partial charge in [-0.2, -0.15) is 0 Å². The van der Waals surface area contributed by atoms with Gasteiger partial charge in [0.2, 0.25) is 0 Å². The molecule has 0 spiro atoms. The predicted molar refractivity (Wildman–Crippen MR) is 56.2 cm³/mol. The Morgan fingerprint density at radius 1 is 1.60 bits per heavy atom. The topological polar surface area (TPSA) is 78.4 Å². The molecule has 2 amide bonds. The highest BCUT2D eigenvalue weighted by molar-refractivity contribution is 5.82. The fourth-order valence-corrected chi connectivity index (χ4v) is 0.784. The minimum atomic E-state index is -1.16. The summed E-state index contributed by atoms with van der Waals surface area (Å²) in [6.45, 7) is 5.18. The average Bonchev–Trinajstić information content (AvgIpc) is 2.16. The van der Waals surface area contributed by atoms with E-state index in [1.165, 1.54) is 6.08 Å². The number of carbonyl (C=O) groups excluding carboxylic acids is 1. The number of carboxylic acids is 1. The third-order valence-corrected chi connectivity index (χ3v) is 1.64. The zero-order valence-corrected chi connectivity index (χ0v) is 8.49. The molecule has 0 aliphatic heterocycles. The van der Waals surface area contributed by atoms with Crippen molar-refractivity contribution in [1.29, 1.82) is 0 Å². The number of urea groups is 1. The lowest BCUT2D eigenvalue weighted by atomic mass is 10.2. The molecule has 0 rings (SSSR count). The van der Waals surface area contributed by atoms with Gasteiger partial charge in [-0.1, -0.05) is 6.08 Å². The maximum Gasteiger partial charge on any atom is 0.327 e. The van der Waals surface area contributed by atoms with Crippen molar-refractivity contribution in [3.8, 4) is 12.3 Å². The lowest BCUT2D eigenvalue weighted by molar-refractivity contribution is -0.139. The van der Waals surface area contributed by atoms with Crippen LogP contribution in [0, 0.1) is 12.3 Å². The molecule has 0 radical (unpaired) electrons. The van der Waals surface area contributed by atoms with E-state index >= 15 is 0 Å². The minimum Gasteiger partial charge on any atom is -0.480 e. The third-order valence-electron chi connectivity index (χ3n) is 1.64. The van der Waals surface area contributed by atoms with Gasteiger partial charge < -0.3 is 15.7 Å². The van der Waals surface area contributed by atoms with Crippen LogP contribution >= 0.6 is 0 Å². The van der Waals surface area contributed by atoms with Crippen molar-refractivity contribution in [2.75, 3.05) is 0 Å². The Morgan fingerprint density at radius 2 is 2.20 bits per heavy atom.